The Morgan fingerprint density at radius 3 is 2.48 bits per heavy atom. The molecule has 10 heteroatoms. The number of rotatable bonds is 5. The Morgan fingerprint density at radius 2 is 1.81 bits per heavy atom. The molecule has 0 unspecified atom stereocenters. The molecule has 0 radical (unpaired) electrons. The molecule has 1 atom stereocenters. The summed E-state index contributed by atoms with van der Waals surface area (Å²) in [7, 11) is -7.06. The number of aryl methyl sites for hydroxylation is 1. The predicted octanol–water partition coefficient (Wildman–Crippen LogP) is 2.26. The first-order chi connectivity index (χ1) is 14.6. The highest BCUT2D eigenvalue weighted by atomic mass is 32.2. The zero-order chi connectivity index (χ0) is 22.2. The second-order valence-corrected chi connectivity index (χ2v) is 11.5. The van der Waals surface area contributed by atoms with Crippen LogP contribution in [0.3, 0.4) is 0 Å². The van der Waals surface area contributed by atoms with Gasteiger partial charge in [0.25, 0.3) is 5.91 Å². The summed E-state index contributed by atoms with van der Waals surface area (Å²) in [5, 5.41) is 3.50. The number of amides is 1. The molecule has 0 aliphatic carbocycles. The number of anilines is 1. The van der Waals surface area contributed by atoms with Gasteiger partial charge in [-0.3, -0.25) is 9.78 Å². The standard InChI is InChI=1S/C21H21N3O5S2/c1-14-12-19(18-4-2-3-5-20(18)22-14)21(25)23-15-6-8-17(9-7-15)31(28,29)24-16-10-11-30(26,27)13-16/h2-9,12,16,24H,10-11,13H2,1H3,(H,23,25)/t16-/m0/s1. The van der Waals surface area contributed by atoms with Crippen LogP contribution in [0.25, 0.3) is 10.9 Å². The lowest BCUT2D eigenvalue weighted by molar-refractivity contribution is 0.102. The van der Waals surface area contributed by atoms with Crippen molar-refractivity contribution in [3.63, 3.8) is 0 Å². The van der Waals surface area contributed by atoms with Gasteiger partial charge in [-0.2, -0.15) is 0 Å². The third kappa shape index (κ3) is 4.76. The average molecular weight is 460 g/mol. The normalized spacial score (nSPS) is 18.2. The lowest BCUT2D eigenvalue weighted by atomic mass is 10.1. The third-order valence-electron chi connectivity index (χ3n) is 5.07. The number of nitrogens with zero attached hydrogens (tertiary/aromatic N) is 1. The molecule has 1 aliphatic heterocycles. The summed E-state index contributed by atoms with van der Waals surface area (Å²) in [5.41, 5.74) is 2.34. The minimum Gasteiger partial charge on any atom is -0.322 e. The number of sulfonamides is 1. The van der Waals surface area contributed by atoms with Crippen LogP contribution in [0.2, 0.25) is 0 Å². The van der Waals surface area contributed by atoms with Crippen molar-refractivity contribution in [2.45, 2.75) is 24.3 Å². The van der Waals surface area contributed by atoms with Gasteiger partial charge in [-0.1, -0.05) is 18.2 Å². The van der Waals surface area contributed by atoms with Crippen molar-refractivity contribution in [3.05, 3.63) is 65.9 Å². The summed E-state index contributed by atoms with van der Waals surface area (Å²) < 4.78 is 50.6. The second kappa shape index (κ2) is 8.03. The van der Waals surface area contributed by atoms with Crippen LogP contribution >= 0.6 is 0 Å². The lowest BCUT2D eigenvalue weighted by Crippen LogP contribution is -2.35. The smallest absolute Gasteiger partial charge is 0.256 e. The van der Waals surface area contributed by atoms with Crippen LogP contribution in [-0.4, -0.2) is 45.3 Å². The van der Waals surface area contributed by atoms with Gasteiger partial charge in [-0.15, -0.1) is 0 Å². The monoisotopic (exact) mass is 459 g/mol. The number of hydrogen-bond donors (Lipinski definition) is 2. The number of hydrogen-bond acceptors (Lipinski definition) is 6. The lowest BCUT2D eigenvalue weighted by Gasteiger charge is -2.12. The Bertz CT molecular complexity index is 1370. The van der Waals surface area contributed by atoms with E-state index in [-0.39, 0.29) is 28.7 Å². The van der Waals surface area contributed by atoms with Crippen LogP contribution in [0.1, 0.15) is 22.5 Å². The van der Waals surface area contributed by atoms with Gasteiger partial charge in [-0.05, 0) is 49.7 Å². The van der Waals surface area contributed by atoms with Crippen LogP contribution in [0.5, 0.6) is 0 Å². The van der Waals surface area contributed by atoms with E-state index < -0.39 is 25.9 Å². The van der Waals surface area contributed by atoms with Crippen molar-refractivity contribution in [2.75, 3.05) is 16.8 Å². The van der Waals surface area contributed by atoms with Crippen molar-refractivity contribution in [1.29, 1.82) is 0 Å². The SMILES string of the molecule is Cc1cc(C(=O)Nc2ccc(S(=O)(=O)N[C@H]3CCS(=O)(=O)C3)cc2)c2ccccc2n1. The van der Waals surface area contributed by atoms with Crippen molar-refractivity contribution in [1.82, 2.24) is 9.71 Å². The van der Waals surface area contributed by atoms with Gasteiger partial charge in [0.15, 0.2) is 9.84 Å². The summed E-state index contributed by atoms with van der Waals surface area (Å²) in [4.78, 5) is 17.3. The van der Waals surface area contributed by atoms with E-state index in [1.54, 1.807) is 6.07 Å². The molecule has 0 bridgehead atoms. The molecule has 0 spiro atoms. The number of fused-ring (bicyclic) bond motifs is 1. The van der Waals surface area contributed by atoms with E-state index in [1.165, 1.54) is 24.3 Å². The first kappa shape index (κ1) is 21.4. The number of pyridine rings is 1. The van der Waals surface area contributed by atoms with Crippen LogP contribution < -0.4 is 10.0 Å². The van der Waals surface area contributed by atoms with E-state index in [1.807, 2.05) is 31.2 Å². The maximum Gasteiger partial charge on any atom is 0.256 e. The Balaban J connectivity index is 1.51. The zero-order valence-corrected chi connectivity index (χ0v) is 18.3. The molecule has 2 heterocycles. The van der Waals surface area contributed by atoms with Gasteiger partial charge >= 0.3 is 0 Å². The molecule has 1 aromatic heterocycles. The molecule has 2 aromatic carbocycles. The highest BCUT2D eigenvalue weighted by Gasteiger charge is 2.31. The molecular weight excluding hydrogens is 438 g/mol. The molecule has 4 rings (SSSR count). The molecule has 31 heavy (non-hydrogen) atoms. The topological polar surface area (TPSA) is 122 Å². The summed E-state index contributed by atoms with van der Waals surface area (Å²) >= 11 is 0. The molecule has 1 amide bonds. The van der Waals surface area contributed by atoms with E-state index in [2.05, 4.69) is 15.0 Å². The van der Waals surface area contributed by atoms with Gasteiger partial charge in [-0.25, -0.2) is 21.6 Å². The maximum absolute atomic E-state index is 12.8. The minimum atomic E-state index is -3.86. The van der Waals surface area contributed by atoms with Crippen molar-refractivity contribution < 1.29 is 21.6 Å². The molecular formula is C21H21N3O5S2. The highest BCUT2D eigenvalue weighted by Crippen LogP contribution is 2.21. The van der Waals surface area contributed by atoms with Gasteiger partial charge in [0.1, 0.15) is 0 Å². The minimum absolute atomic E-state index is 0.00000212. The number of para-hydroxylation sites is 1. The molecule has 8 nitrogen and oxygen atoms in total. The summed E-state index contributed by atoms with van der Waals surface area (Å²) in [5.74, 6) is -0.542. The molecule has 1 fully saturated rings. The van der Waals surface area contributed by atoms with Gasteiger partial charge in [0, 0.05) is 22.8 Å². The predicted molar refractivity (Wildman–Crippen MR) is 118 cm³/mol. The third-order valence-corrected chi connectivity index (χ3v) is 8.37. The fourth-order valence-corrected chi connectivity index (χ4v) is 6.64. The van der Waals surface area contributed by atoms with Gasteiger partial charge < -0.3 is 5.32 Å². The Labute approximate surface area is 180 Å². The largest absolute Gasteiger partial charge is 0.322 e. The molecule has 162 valence electrons. The van der Waals surface area contributed by atoms with Crippen LogP contribution in [0.4, 0.5) is 5.69 Å². The zero-order valence-electron chi connectivity index (χ0n) is 16.7. The van der Waals surface area contributed by atoms with E-state index in [4.69, 9.17) is 0 Å². The van der Waals surface area contributed by atoms with E-state index >= 15 is 0 Å². The fraction of sp³-hybridized carbons (Fsp3) is 0.238. The number of benzene rings is 2. The quantitative estimate of drug-likeness (QED) is 0.603. The fourth-order valence-electron chi connectivity index (χ4n) is 3.59. The number of carbonyl (C=O) groups excluding carboxylic acids is 1. The molecule has 3 aromatic rings. The molecule has 1 saturated heterocycles. The van der Waals surface area contributed by atoms with Crippen LogP contribution in [0.15, 0.2) is 59.5 Å². The van der Waals surface area contributed by atoms with Crippen LogP contribution in [-0.2, 0) is 19.9 Å². The van der Waals surface area contributed by atoms with Crippen molar-refractivity contribution in [3.8, 4) is 0 Å². The highest BCUT2D eigenvalue weighted by molar-refractivity contribution is 7.92. The van der Waals surface area contributed by atoms with E-state index in [0.717, 1.165) is 5.39 Å². The second-order valence-electron chi connectivity index (χ2n) is 7.53. The number of aromatic nitrogens is 1. The summed E-state index contributed by atoms with van der Waals surface area (Å²) in [6.45, 7) is 1.81. The van der Waals surface area contributed by atoms with Crippen molar-refractivity contribution in [2.24, 2.45) is 0 Å². The van der Waals surface area contributed by atoms with Gasteiger partial charge in [0.05, 0.1) is 27.5 Å². The maximum atomic E-state index is 12.8. The summed E-state index contributed by atoms with van der Waals surface area (Å²) in [6, 6.07) is 14.1. The first-order valence-electron chi connectivity index (χ1n) is 9.63. The molecule has 0 saturated carbocycles. The number of nitrogens with one attached hydrogen (secondary N) is 2. The van der Waals surface area contributed by atoms with E-state index in [0.29, 0.717) is 22.5 Å². The Hall–Kier alpha value is -2.82. The van der Waals surface area contributed by atoms with E-state index in [9.17, 15) is 21.6 Å². The molecule has 2 N–H and O–H groups in total. The Kier molecular flexibility index (Phi) is 5.54. The van der Waals surface area contributed by atoms with Crippen LogP contribution in [0, 0.1) is 6.92 Å². The molecule has 1 aliphatic rings. The average Bonchev–Trinajstić information content (AvgIpc) is 3.05. The first-order valence-corrected chi connectivity index (χ1v) is 12.9. The summed E-state index contributed by atoms with van der Waals surface area (Å²) in [6.07, 6.45) is 0.259. The van der Waals surface area contributed by atoms with Crippen molar-refractivity contribution >= 4 is 42.4 Å². The number of sulfone groups is 1. The number of carbonyl (C=O) groups is 1. The Morgan fingerprint density at radius 1 is 1.10 bits per heavy atom. The van der Waals surface area contributed by atoms with Gasteiger partial charge in [0.2, 0.25) is 10.0 Å².